The van der Waals surface area contributed by atoms with Gasteiger partial charge in [0.2, 0.25) is 0 Å². The molecule has 0 saturated heterocycles. The van der Waals surface area contributed by atoms with E-state index in [-0.39, 0.29) is 6.04 Å². The van der Waals surface area contributed by atoms with Crippen molar-refractivity contribution < 1.29 is 13.2 Å². The second kappa shape index (κ2) is 5.40. The lowest BCUT2D eigenvalue weighted by Gasteiger charge is -2.24. The van der Waals surface area contributed by atoms with Crippen molar-refractivity contribution in [3.05, 3.63) is 35.4 Å². The molecule has 0 heterocycles. The number of benzene rings is 1. The van der Waals surface area contributed by atoms with Crippen molar-refractivity contribution in [2.24, 2.45) is 5.41 Å². The predicted octanol–water partition coefficient (Wildman–Crippen LogP) is 4.93. The molecule has 1 aromatic rings. The highest BCUT2D eigenvalue weighted by Gasteiger charge is 2.36. The van der Waals surface area contributed by atoms with Crippen LogP contribution in [-0.2, 0) is 6.18 Å². The highest BCUT2D eigenvalue weighted by Crippen LogP contribution is 2.39. The Morgan fingerprint density at radius 3 is 2.45 bits per heavy atom. The standard InChI is InChI=1S/C16H22F3N/c1-11(20-12-8-9-15(2,3)10-12)13-6-4-5-7-14(13)16(17,18)19/h4-7,11-12,20H,8-10H2,1-3H3. The van der Waals surface area contributed by atoms with Gasteiger partial charge in [-0.15, -0.1) is 0 Å². The van der Waals surface area contributed by atoms with Crippen LogP contribution in [0.5, 0.6) is 0 Å². The quantitative estimate of drug-likeness (QED) is 0.830. The van der Waals surface area contributed by atoms with Crippen LogP contribution in [0.1, 0.15) is 57.2 Å². The second-order valence-electron chi connectivity index (χ2n) is 6.58. The summed E-state index contributed by atoms with van der Waals surface area (Å²) < 4.78 is 39.1. The third-order valence-corrected chi connectivity index (χ3v) is 4.19. The zero-order valence-electron chi connectivity index (χ0n) is 12.2. The van der Waals surface area contributed by atoms with Gasteiger partial charge in [-0.25, -0.2) is 0 Å². The fraction of sp³-hybridized carbons (Fsp3) is 0.625. The summed E-state index contributed by atoms with van der Waals surface area (Å²) in [5.41, 5.74) is 0.1000. The van der Waals surface area contributed by atoms with E-state index in [9.17, 15) is 13.2 Å². The zero-order chi connectivity index (χ0) is 15.0. The lowest BCUT2D eigenvalue weighted by molar-refractivity contribution is -0.138. The molecule has 0 amide bonds. The first-order valence-corrected chi connectivity index (χ1v) is 7.11. The molecule has 112 valence electrons. The summed E-state index contributed by atoms with van der Waals surface area (Å²) in [6.07, 6.45) is -1.11. The predicted molar refractivity (Wildman–Crippen MR) is 74.4 cm³/mol. The summed E-state index contributed by atoms with van der Waals surface area (Å²) in [6.45, 7) is 6.24. The molecule has 0 radical (unpaired) electrons. The fourth-order valence-electron chi connectivity index (χ4n) is 3.15. The average molecular weight is 285 g/mol. The Hall–Kier alpha value is -1.03. The summed E-state index contributed by atoms with van der Waals surface area (Å²) >= 11 is 0. The molecule has 0 aromatic heterocycles. The molecule has 0 aliphatic heterocycles. The summed E-state index contributed by atoms with van der Waals surface area (Å²) in [5, 5.41) is 3.36. The van der Waals surface area contributed by atoms with Crippen molar-refractivity contribution in [3.63, 3.8) is 0 Å². The number of rotatable bonds is 3. The lowest BCUT2D eigenvalue weighted by Crippen LogP contribution is -2.31. The van der Waals surface area contributed by atoms with Gasteiger partial charge in [0.05, 0.1) is 5.56 Å². The van der Waals surface area contributed by atoms with Crippen LogP contribution in [0, 0.1) is 5.41 Å². The van der Waals surface area contributed by atoms with Crippen LogP contribution in [0.25, 0.3) is 0 Å². The van der Waals surface area contributed by atoms with E-state index in [4.69, 9.17) is 0 Å². The van der Waals surface area contributed by atoms with Gasteiger partial charge in [-0.3, -0.25) is 0 Å². The average Bonchev–Trinajstić information content (AvgIpc) is 2.67. The van der Waals surface area contributed by atoms with E-state index in [0.717, 1.165) is 25.3 Å². The number of halogens is 3. The molecule has 2 atom stereocenters. The Morgan fingerprint density at radius 1 is 1.25 bits per heavy atom. The van der Waals surface area contributed by atoms with Crippen LogP contribution < -0.4 is 5.32 Å². The molecule has 1 aliphatic carbocycles. The SMILES string of the molecule is CC(NC1CCC(C)(C)C1)c1ccccc1C(F)(F)F. The van der Waals surface area contributed by atoms with Crippen LogP contribution in [0.15, 0.2) is 24.3 Å². The van der Waals surface area contributed by atoms with Gasteiger partial charge in [-0.05, 0) is 43.2 Å². The van der Waals surface area contributed by atoms with Crippen LogP contribution in [0.2, 0.25) is 0 Å². The second-order valence-corrected chi connectivity index (χ2v) is 6.58. The van der Waals surface area contributed by atoms with Gasteiger partial charge >= 0.3 is 6.18 Å². The molecule has 4 heteroatoms. The molecule has 1 saturated carbocycles. The van der Waals surface area contributed by atoms with Crippen molar-refractivity contribution in [2.75, 3.05) is 0 Å². The molecule has 1 nitrogen and oxygen atoms in total. The van der Waals surface area contributed by atoms with E-state index in [1.165, 1.54) is 6.07 Å². The zero-order valence-corrected chi connectivity index (χ0v) is 12.2. The van der Waals surface area contributed by atoms with E-state index in [2.05, 4.69) is 19.2 Å². The first-order valence-electron chi connectivity index (χ1n) is 7.11. The third-order valence-electron chi connectivity index (χ3n) is 4.19. The van der Waals surface area contributed by atoms with Crippen molar-refractivity contribution in [3.8, 4) is 0 Å². The largest absolute Gasteiger partial charge is 0.416 e. The molecule has 1 aromatic carbocycles. The fourth-order valence-corrected chi connectivity index (χ4v) is 3.15. The minimum atomic E-state index is -4.29. The molecular weight excluding hydrogens is 263 g/mol. The summed E-state index contributed by atoms with van der Waals surface area (Å²) in [5.74, 6) is 0. The van der Waals surface area contributed by atoms with E-state index < -0.39 is 11.7 Å². The Kier molecular flexibility index (Phi) is 4.14. The Morgan fingerprint density at radius 2 is 1.90 bits per heavy atom. The Labute approximate surface area is 118 Å². The normalized spacial score (nSPS) is 23.8. The van der Waals surface area contributed by atoms with Crippen molar-refractivity contribution in [1.29, 1.82) is 0 Å². The minimum Gasteiger partial charge on any atom is -0.307 e. The maximum atomic E-state index is 13.0. The number of hydrogen-bond acceptors (Lipinski definition) is 1. The molecule has 1 fully saturated rings. The Bertz CT molecular complexity index is 465. The number of nitrogens with one attached hydrogen (secondary N) is 1. The number of alkyl halides is 3. The molecule has 1 N–H and O–H groups in total. The van der Waals surface area contributed by atoms with Gasteiger partial charge in [0.1, 0.15) is 0 Å². The summed E-state index contributed by atoms with van der Waals surface area (Å²) in [6, 6.07) is 5.86. The van der Waals surface area contributed by atoms with Gasteiger partial charge in [0, 0.05) is 12.1 Å². The van der Waals surface area contributed by atoms with Gasteiger partial charge in [-0.2, -0.15) is 13.2 Å². The maximum Gasteiger partial charge on any atom is 0.416 e. The van der Waals surface area contributed by atoms with Gasteiger partial charge < -0.3 is 5.32 Å². The molecule has 2 rings (SSSR count). The van der Waals surface area contributed by atoms with Gasteiger partial charge in [-0.1, -0.05) is 32.0 Å². The van der Waals surface area contributed by atoms with E-state index in [0.29, 0.717) is 17.0 Å². The molecule has 1 aliphatic rings. The monoisotopic (exact) mass is 285 g/mol. The minimum absolute atomic E-state index is 0.285. The van der Waals surface area contributed by atoms with Crippen molar-refractivity contribution >= 4 is 0 Å². The molecule has 2 unspecified atom stereocenters. The van der Waals surface area contributed by atoms with Crippen molar-refractivity contribution in [1.82, 2.24) is 5.32 Å². The summed E-state index contributed by atoms with van der Waals surface area (Å²) in [7, 11) is 0. The first kappa shape index (κ1) is 15.4. The van der Waals surface area contributed by atoms with E-state index in [1.807, 2.05) is 6.92 Å². The Balaban J connectivity index is 2.12. The third kappa shape index (κ3) is 3.54. The molecule has 20 heavy (non-hydrogen) atoms. The van der Waals surface area contributed by atoms with Crippen LogP contribution in [0.4, 0.5) is 13.2 Å². The first-order chi connectivity index (χ1) is 9.19. The molecular formula is C16H22F3N. The molecule has 0 spiro atoms. The van der Waals surface area contributed by atoms with E-state index >= 15 is 0 Å². The topological polar surface area (TPSA) is 12.0 Å². The number of hydrogen-bond donors (Lipinski definition) is 1. The van der Waals surface area contributed by atoms with Crippen molar-refractivity contribution in [2.45, 2.75) is 58.3 Å². The highest BCUT2D eigenvalue weighted by molar-refractivity contribution is 5.32. The van der Waals surface area contributed by atoms with Crippen LogP contribution in [-0.4, -0.2) is 6.04 Å². The van der Waals surface area contributed by atoms with E-state index in [1.54, 1.807) is 12.1 Å². The maximum absolute atomic E-state index is 13.0. The van der Waals surface area contributed by atoms with Crippen LogP contribution >= 0.6 is 0 Å². The lowest BCUT2D eigenvalue weighted by atomic mass is 9.91. The summed E-state index contributed by atoms with van der Waals surface area (Å²) in [4.78, 5) is 0. The molecule has 0 bridgehead atoms. The van der Waals surface area contributed by atoms with Gasteiger partial charge in [0.15, 0.2) is 0 Å². The smallest absolute Gasteiger partial charge is 0.307 e. The van der Waals surface area contributed by atoms with Gasteiger partial charge in [0.25, 0.3) is 0 Å². The highest BCUT2D eigenvalue weighted by atomic mass is 19.4. The van der Waals surface area contributed by atoms with Crippen LogP contribution in [0.3, 0.4) is 0 Å².